The van der Waals surface area contributed by atoms with Gasteiger partial charge in [0.05, 0.1) is 16.5 Å². The minimum atomic E-state index is -0.512. The van der Waals surface area contributed by atoms with E-state index in [0.29, 0.717) is 40.7 Å². The van der Waals surface area contributed by atoms with Crippen molar-refractivity contribution in [2.24, 2.45) is 0 Å². The number of hydrogen-bond donors (Lipinski definition) is 3. The van der Waals surface area contributed by atoms with Gasteiger partial charge in [0.15, 0.2) is 0 Å². The first-order chi connectivity index (χ1) is 19.3. The maximum Gasteiger partial charge on any atom is 1.00 e. The number of nitro benzene ring substituents is 2. The van der Waals surface area contributed by atoms with Gasteiger partial charge in [0.25, 0.3) is 11.4 Å². The fraction of sp³-hybridized carbons (Fsp3) is 0.214. The van der Waals surface area contributed by atoms with Crippen LogP contribution < -0.4 is 45.8 Å². The largest absolute Gasteiger partial charge is 1.00 e. The Morgan fingerprint density at radius 2 is 1.29 bits per heavy atom. The van der Waals surface area contributed by atoms with E-state index in [1.165, 1.54) is 26.0 Å². The van der Waals surface area contributed by atoms with Gasteiger partial charge < -0.3 is 22.7 Å². The van der Waals surface area contributed by atoms with Crippen molar-refractivity contribution in [2.45, 2.75) is 40.9 Å². The zero-order chi connectivity index (χ0) is 30.7. The maximum atomic E-state index is 12.8. The van der Waals surface area contributed by atoms with Crippen molar-refractivity contribution in [2.75, 3.05) is 11.5 Å². The summed E-state index contributed by atoms with van der Waals surface area (Å²) < 4.78 is 18.5. The summed E-state index contributed by atoms with van der Waals surface area (Å²) in [6, 6.07) is 12.3. The van der Waals surface area contributed by atoms with Crippen LogP contribution in [0.4, 0.5) is 27.4 Å². The van der Waals surface area contributed by atoms with E-state index in [0.717, 1.165) is 22.8 Å². The van der Waals surface area contributed by atoms with Gasteiger partial charge in [-0.25, -0.2) is 14.4 Å². The van der Waals surface area contributed by atoms with Crippen LogP contribution in [0, 0.1) is 53.7 Å². The summed E-state index contributed by atoms with van der Waals surface area (Å²) in [6.07, 6.45) is 3.18. The Morgan fingerprint density at radius 3 is 1.76 bits per heavy atom. The SMILES string of the molecule is Cc1c(F)ccc([N+](=O)[O-])c1C.Cc1c(OCc2ccnc(N)c2)ccc([N+](=O)[O-])c1C.Nc1cc(CO)ccn1.[H-].[Na+]. The van der Waals surface area contributed by atoms with Gasteiger partial charge in [0.2, 0.25) is 0 Å². The first-order valence-electron chi connectivity index (χ1n) is 12.1. The molecule has 218 valence electrons. The molecule has 0 spiro atoms. The van der Waals surface area contributed by atoms with Crippen LogP contribution in [-0.2, 0) is 13.2 Å². The molecule has 42 heavy (non-hydrogen) atoms. The molecular formula is C28H32FN6NaO6. The summed E-state index contributed by atoms with van der Waals surface area (Å²) >= 11 is 0. The second-order valence-electron chi connectivity index (χ2n) is 8.79. The minimum Gasteiger partial charge on any atom is -1.00 e. The molecule has 5 N–H and O–H groups in total. The van der Waals surface area contributed by atoms with Gasteiger partial charge in [-0.05, 0) is 80.8 Å². The number of anilines is 2. The monoisotopic (exact) mass is 590 g/mol. The minimum absolute atomic E-state index is 0. The number of halogens is 1. The Bertz CT molecular complexity index is 1550. The third-order valence-electron chi connectivity index (χ3n) is 6.06. The van der Waals surface area contributed by atoms with Crippen molar-refractivity contribution in [3.63, 3.8) is 0 Å². The van der Waals surface area contributed by atoms with Gasteiger partial charge in [-0.1, -0.05) is 0 Å². The molecule has 0 aliphatic carbocycles. The Labute approximate surface area is 265 Å². The zero-order valence-electron chi connectivity index (χ0n) is 25.0. The molecule has 0 atom stereocenters. The average molecular weight is 591 g/mol. The first-order valence-corrected chi connectivity index (χ1v) is 12.1. The predicted molar refractivity (Wildman–Crippen MR) is 154 cm³/mol. The first kappa shape index (κ1) is 35.9. The summed E-state index contributed by atoms with van der Waals surface area (Å²) in [7, 11) is 0. The van der Waals surface area contributed by atoms with Crippen LogP contribution in [0.3, 0.4) is 0 Å². The second kappa shape index (κ2) is 16.9. The van der Waals surface area contributed by atoms with Crippen molar-refractivity contribution >= 4 is 23.0 Å². The number of aliphatic hydroxyl groups is 1. The molecule has 0 saturated carbocycles. The number of rotatable bonds is 6. The molecule has 0 aliphatic rings. The normalized spacial score (nSPS) is 9.76. The molecule has 0 saturated heterocycles. The van der Waals surface area contributed by atoms with Crippen LogP contribution in [0.2, 0.25) is 0 Å². The third-order valence-corrected chi connectivity index (χ3v) is 6.06. The molecule has 0 aliphatic heterocycles. The predicted octanol–water partition coefficient (Wildman–Crippen LogP) is 2.39. The van der Waals surface area contributed by atoms with Gasteiger partial charge in [0.1, 0.15) is 29.8 Å². The van der Waals surface area contributed by atoms with E-state index in [-0.39, 0.29) is 49.0 Å². The molecular weight excluding hydrogens is 558 g/mol. The number of aliphatic hydroxyl groups excluding tert-OH is 1. The average Bonchev–Trinajstić information content (AvgIpc) is 2.93. The summed E-state index contributed by atoms with van der Waals surface area (Å²) in [5.41, 5.74) is 14.8. The second-order valence-corrected chi connectivity index (χ2v) is 8.79. The molecule has 0 fully saturated rings. The molecule has 0 amide bonds. The Kier molecular flexibility index (Phi) is 14.5. The number of aromatic nitrogens is 2. The fourth-order valence-corrected chi connectivity index (χ4v) is 3.44. The topological polar surface area (TPSA) is 194 Å². The van der Waals surface area contributed by atoms with E-state index in [2.05, 4.69) is 9.97 Å². The summed E-state index contributed by atoms with van der Waals surface area (Å²) in [5, 5.41) is 29.8. The number of nitrogens with two attached hydrogens (primary N) is 2. The molecule has 0 radical (unpaired) electrons. The van der Waals surface area contributed by atoms with E-state index in [4.69, 9.17) is 21.3 Å². The smallest absolute Gasteiger partial charge is 1.00 e. The number of nitro groups is 2. The number of pyridine rings is 2. The van der Waals surface area contributed by atoms with Crippen molar-refractivity contribution in [3.05, 3.63) is 120 Å². The van der Waals surface area contributed by atoms with Gasteiger partial charge in [-0.3, -0.25) is 20.2 Å². The number of hydrogen-bond acceptors (Lipinski definition) is 10. The van der Waals surface area contributed by atoms with Crippen LogP contribution in [0.1, 0.15) is 34.8 Å². The van der Waals surface area contributed by atoms with Gasteiger partial charge in [-0.15, -0.1) is 0 Å². The van der Waals surface area contributed by atoms with Crippen LogP contribution in [-0.4, -0.2) is 24.9 Å². The summed E-state index contributed by atoms with van der Waals surface area (Å²) in [4.78, 5) is 28.0. The van der Waals surface area contributed by atoms with Crippen molar-refractivity contribution in [3.8, 4) is 5.75 Å². The van der Waals surface area contributed by atoms with E-state index in [1.54, 1.807) is 50.5 Å². The van der Waals surface area contributed by atoms with Crippen molar-refractivity contribution < 1.29 is 55.1 Å². The molecule has 12 nitrogen and oxygen atoms in total. The van der Waals surface area contributed by atoms with E-state index < -0.39 is 15.7 Å². The van der Waals surface area contributed by atoms with Gasteiger partial charge in [0, 0.05) is 41.2 Å². The van der Waals surface area contributed by atoms with E-state index in [9.17, 15) is 24.6 Å². The standard InChI is InChI=1S/C14H15N3O3.C8H8FNO2.C6H8N2O.Na.H/c1-9-10(2)13(4-3-12(9)17(18)19)20-8-11-5-6-16-14(15)7-11;1-5-6(2)8(10(11)12)4-3-7(5)9;7-6-3-5(4-9)1-2-8-6;;/h3-7H,8H2,1-2H3,(H2,15,16);3-4H,1-2H3;1-3,9H,4H2,(H2,7,8);;/q;;;+1;-1. The molecule has 2 aromatic heterocycles. The number of nitrogen functional groups attached to an aromatic ring is 2. The summed E-state index contributed by atoms with van der Waals surface area (Å²) in [6.45, 7) is 6.94. The number of ether oxygens (including phenoxy) is 1. The number of nitrogens with zero attached hydrogens (tertiary/aromatic N) is 4. The molecule has 4 rings (SSSR count). The van der Waals surface area contributed by atoms with Gasteiger partial charge in [-0.2, -0.15) is 0 Å². The van der Waals surface area contributed by atoms with Crippen LogP contribution >= 0.6 is 0 Å². The Hall–Kier alpha value is -4.17. The molecule has 0 bridgehead atoms. The van der Waals surface area contributed by atoms with Gasteiger partial charge >= 0.3 is 29.6 Å². The molecule has 14 heteroatoms. The molecule has 2 heterocycles. The third kappa shape index (κ3) is 10.3. The van der Waals surface area contributed by atoms with Crippen LogP contribution in [0.15, 0.2) is 60.9 Å². The maximum absolute atomic E-state index is 12.8. The van der Waals surface area contributed by atoms with Crippen LogP contribution in [0.5, 0.6) is 5.75 Å². The fourth-order valence-electron chi connectivity index (χ4n) is 3.44. The molecule has 4 aromatic rings. The van der Waals surface area contributed by atoms with Crippen molar-refractivity contribution in [1.29, 1.82) is 0 Å². The van der Waals surface area contributed by atoms with Crippen molar-refractivity contribution in [1.82, 2.24) is 9.97 Å². The molecule has 2 aromatic carbocycles. The quantitative estimate of drug-likeness (QED) is 0.170. The molecule has 0 unspecified atom stereocenters. The Balaban J connectivity index is 0.000000657. The van der Waals surface area contributed by atoms with E-state index in [1.807, 2.05) is 6.07 Å². The summed E-state index contributed by atoms with van der Waals surface area (Å²) in [5.74, 6) is 1.10. The zero-order valence-corrected chi connectivity index (χ0v) is 26.0. The number of benzene rings is 2. The van der Waals surface area contributed by atoms with Crippen LogP contribution in [0.25, 0.3) is 0 Å². The van der Waals surface area contributed by atoms with E-state index >= 15 is 0 Å². The Morgan fingerprint density at radius 1 is 0.810 bits per heavy atom.